The first-order chi connectivity index (χ1) is 12.1. The molecule has 2 heterocycles. The first kappa shape index (κ1) is 17.7. The van der Waals surface area contributed by atoms with Gasteiger partial charge in [0, 0.05) is 25.9 Å². The molecule has 5 nitrogen and oxygen atoms in total. The van der Waals surface area contributed by atoms with Crippen LogP contribution in [-0.2, 0) is 6.42 Å². The molecule has 1 amide bonds. The Morgan fingerprint density at radius 1 is 1.24 bits per heavy atom. The number of hydrogen-bond acceptors (Lipinski definition) is 5. The van der Waals surface area contributed by atoms with Gasteiger partial charge in [-0.05, 0) is 37.6 Å². The number of methoxy groups -OCH3 is 1. The Labute approximate surface area is 152 Å². The van der Waals surface area contributed by atoms with Crippen molar-refractivity contribution < 1.29 is 14.3 Å². The lowest BCUT2D eigenvalue weighted by atomic mass is 10.1. The molecule has 1 aliphatic rings. The molecule has 0 N–H and O–H groups in total. The molecule has 0 atom stereocenters. The molecule has 1 aliphatic heterocycles. The Bertz CT molecular complexity index is 719. The van der Waals surface area contributed by atoms with E-state index in [1.807, 2.05) is 43.0 Å². The van der Waals surface area contributed by atoms with Crippen LogP contribution in [0.25, 0.3) is 0 Å². The van der Waals surface area contributed by atoms with E-state index in [0.717, 1.165) is 59.4 Å². The van der Waals surface area contributed by atoms with E-state index in [2.05, 4.69) is 4.98 Å². The second-order valence-electron chi connectivity index (χ2n) is 6.15. The standard InChI is InChI=1S/C19H24N2O3S/c1-4-17-18(25-13(2)20-17)19(22)21-11-9-16(10-12-21)24-15-7-5-14(23-3)6-8-15/h5-8,16H,4,9-12H2,1-3H3. The number of aromatic nitrogens is 1. The summed E-state index contributed by atoms with van der Waals surface area (Å²) >= 11 is 1.50. The van der Waals surface area contributed by atoms with E-state index >= 15 is 0 Å². The molecule has 1 saturated heterocycles. The van der Waals surface area contributed by atoms with E-state index in [1.165, 1.54) is 11.3 Å². The molecule has 0 unspecified atom stereocenters. The van der Waals surface area contributed by atoms with Crippen LogP contribution in [0.15, 0.2) is 24.3 Å². The number of likely N-dealkylation sites (tertiary alicyclic amines) is 1. The van der Waals surface area contributed by atoms with E-state index in [9.17, 15) is 4.79 Å². The van der Waals surface area contributed by atoms with Crippen molar-refractivity contribution in [2.45, 2.75) is 39.2 Å². The summed E-state index contributed by atoms with van der Waals surface area (Å²) in [4.78, 5) is 20.0. The van der Waals surface area contributed by atoms with E-state index in [0.29, 0.717) is 0 Å². The van der Waals surface area contributed by atoms with Crippen molar-refractivity contribution in [2.24, 2.45) is 0 Å². The van der Waals surface area contributed by atoms with Crippen LogP contribution in [-0.4, -0.2) is 42.1 Å². The minimum Gasteiger partial charge on any atom is -0.497 e. The number of carbonyl (C=O) groups is 1. The van der Waals surface area contributed by atoms with Crippen molar-refractivity contribution in [3.63, 3.8) is 0 Å². The van der Waals surface area contributed by atoms with Gasteiger partial charge in [-0.1, -0.05) is 6.92 Å². The third-order valence-corrected chi connectivity index (χ3v) is 5.43. The summed E-state index contributed by atoms with van der Waals surface area (Å²) in [6, 6.07) is 7.63. The van der Waals surface area contributed by atoms with Gasteiger partial charge in [0.15, 0.2) is 0 Å². The second-order valence-corrected chi connectivity index (χ2v) is 7.35. The van der Waals surface area contributed by atoms with Gasteiger partial charge >= 0.3 is 0 Å². The molecule has 0 bridgehead atoms. The van der Waals surface area contributed by atoms with Gasteiger partial charge in [-0.3, -0.25) is 4.79 Å². The average molecular weight is 360 g/mol. The number of nitrogens with zero attached hydrogens (tertiary/aromatic N) is 2. The fourth-order valence-corrected chi connectivity index (χ4v) is 4.02. The second kappa shape index (κ2) is 7.87. The van der Waals surface area contributed by atoms with Crippen LogP contribution in [0.2, 0.25) is 0 Å². The average Bonchev–Trinajstić information content (AvgIpc) is 3.03. The molecule has 0 radical (unpaired) electrons. The molecule has 1 aromatic carbocycles. The molecule has 1 aromatic heterocycles. The summed E-state index contributed by atoms with van der Waals surface area (Å²) in [7, 11) is 1.65. The van der Waals surface area contributed by atoms with Crippen molar-refractivity contribution in [1.82, 2.24) is 9.88 Å². The number of carbonyl (C=O) groups excluding carboxylic acids is 1. The van der Waals surface area contributed by atoms with Crippen molar-refractivity contribution in [1.29, 1.82) is 0 Å². The molecular formula is C19H24N2O3S. The first-order valence-corrected chi connectivity index (χ1v) is 9.48. The molecular weight excluding hydrogens is 336 g/mol. The Balaban J connectivity index is 1.56. The molecule has 134 valence electrons. The number of benzene rings is 1. The van der Waals surface area contributed by atoms with Crippen LogP contribution >= 0.6 is 11.3 Å². The zero-order chi connectivity index (χ0) is 17.8. The lowest BCUT2D eigenvalue weighted by molar-refractivity contribution is 0.0599. The Morgan fingerprint density at radius 3 is 2.48 bits per heavy atom. The van der Waals surface area contributed by atoms with Crippen molar-refractivity contribution in [2.75, 3.05) is 20.2 Å². The minimum absolute atomic E-state index is 0.116. The van der Waals surface area contributed by atoms with E-state index in [1.54, 1.807) is 7.11 Å². The normalized spacial score (nSPS) is 15.2. The van der Waals surface area contributed by atoms with Crippen LogP contribution in [0, 0.1) is 6.92 Å². The predicted octanol–water partition coefficient (Wildman–Crippen LogP) is 3.71. The molecule has 0 aliphatic carbocycles. The van der Waals surface area contributed by atoms with Crippen LogP contribution in [0.5, 0.6) is 11.5 Å². The third kappa shape index (κ3) is 4.12. The summed E-state index contributed by atoms with van der Waals surface area (Å²) in [5, 5.41) is 0.956. The highest BCUT2D eigenvalue weighted by Crippen LogP contribution is 2.25. The highest BCUT2D eigenvalue weighted by Gasteiger charge is 2.27. The third-order valence-electron chi connectivity index (χ3n) is 4.42. The van der Waals surface area contributed by atoms with Gasteiger partial charge in [0.1, 0.15) is 22.5 Å². The summed E-state index contributed by atoms with van der Waals surface area (Å²) in [6.45, 7) is 5.44. The van der Waals surface area contributed by atoms with Crippen molar-refractivity contribution >= 4 is 17.2 Å². The lowest BCUT2D eigenvalue weighted by Crippen LogP contribution is -2.41. The highest BCUT2D eigenvalue weighted by atomic mass is 32.1. The monoisotopic (exact) mass is 360 g/mol. The Hall–Kier alpha value is -2.08. The van der Waals surface area contributed by atoms with E-state index in [-0.39, 0.29) is 12.0 Å². The van der Waals surface area contributed by atoms with E-state index < -0.39 is 0 Å². The summed E-state index contributed by atoms with van der Waals surface area (Å²) < 4.78 is 11.2. The lowest BCUT2D eigenvalue weighted by Gasteiger charge is -2.32. The van der Waals surface area contributed by atoms with Crippen molar-refractivity contribution in [3.05, 3.63) is 39.8 Å². The number of hydrogen-bond donors (Lipinski definition) is 0. The number of rotatable bonds is 5. The number of ether oxygens (including phenoxy) is 2. The number of amides is 1. The predicted molar refractivity (Wildman–Crippen MR) is 98.8 cm³/mol. The maximum Gasteiger partial charge on any atom is 0.265 e. The maximum absolute atomic E-state index is 12.8. The molecule has 1 fully saturated rings. The van der Waals surface area contributed by atoms with Crippen LogP contribution in [0.4, 0.5) is 0 Å². The zero-order valence-electron chi connectivity index (χ0n) is 14.9. The van der Waals surface area contributed by atoms with Crippen LogP contribution in [0.3, 0.4) is 0 Å². The maximum atomic E-state index is 12.8. The van der Waals surface area contributed by atoms with Gasteiger partial charge < -0.3 is 14.4 Å². The minimum atomic E-state index is 0.116. The molecule has 2 aromatic rings. The summed E-state index contributed by atoms with van der Waals surface area (Å²) in [6.07, 6.45) is 2.63. The topological polar surface area (TPSA) is 51.7 Å². The van der Waals surface area contributed by atoms with Gasteiger partial charge in [0.05, 0.1) is 17.8 Å². The number of thiazole rings is 1. The van der Waals surface area contributed by atoms with Crippen LogP contribution < -0.4 is 9.47 Å². The van der Waals surface area contributed by atoms with Gasteiger partial charge in [-0.2, -0.15) is 0 Å². The molecule has 6 heteroatoms. The molecule has 3 rings (SSSR count). The van der Waals surface area contributed by atoms with Gasteiger partial charge in [-0.15, -0.1) is 11.3 Å². The molecule has 25 heavy (non-hydrogen) atoms. The van der Waals surface area contributed by atoms with Crippen LogP contribution in [0.1, 0.15) is 40.1 Å². The molecule has 0 spiro atoms. The zero-order valence-corrected chi connectivity index (χ0v) is 15.8. The SMILES string of the molecule is CCc1nc(C)sc1C(=O)N1CCC(Oc2ccc(OC)cc2)CC1. The number of aryl methyl sites for hydroxylation is 2. The summed E-state index contributed by atoms with van der Waals surface area (Å²) in [5.74, 6) is 1.78. The molecule has 0 saturated carbocycles. The van der Waals surface area contributed by atoms with Gasteiger partial charge in [0.2, 0.25) is 0 Å². The Morgan fingerprint density at radius 2 is 1.88 bits per heavy atom. The first-order valence-electron chi connectivity index (χ1n) is 8.67. The fourth-order valence-electron chi connectivity index (χ4n) is 3.04. The fraction of sp³-hybridized carbons (Fsp3) is 0.474. The summed E-state index contributed by atoms with van der Waals surface area (Å²) in [5.41, 5.74) is 0.920. The quantitative estimate of drug-likeness (QED) is 0.816. The highest BCUT2D eigenvalue weighted by molar-refractivity contribution is 7.13. The Kier molecular flexibility index (Phi) is 5.58. The van der Waals surface area contributed by atoms with Gasteiger partial charge in [0.25, 0.3) is 5.91 Å². The smallest absolute Gasteiger partial charge is 0.265 e. The van der Waals surface area contributed by atoms with Gasteiger partial charge in [-0.25, -0.2) is 4.98 Å². The number of piperidine rings is 1. The van der Waals surface area contributed by atoms with E-state index in [4.69, 9.17) is 9.47 Å². The van der Waals surface area contributed by atoms with Crippen molar-refractivity contribution in [3.8, 4) is 11.5 Å². The largest absolute Gasteiger partial charge is 0.497 e.